The van der Waals surface area contributed by atoms with Crippen molar-refractivity contribution in [1.29, 1.82) is 0 Å². The lowest BCUT2D eigenvalue weighted by atomic mass is 9.88. The molecule has 20 heavy (non-hydrogen) atoms. The highest BCUT2D eigenvalue weighted by Crippen LogP contribution is 2.26. The first-order valence-corrected chi connectivity index (χ1v) is 7.44. The maximum atomic E-state index is 12.8. The molecule has 1 aliphatic rings. The minimum Gasteiger partial charge on any atom is -0.389 e. The van der Waals surface area contributed by atoms with Gasteiger partial charge in [0.1, 0.15) is 5.82 Å². The van der Waals surface area contributed by atoms with E-state index in [1.165, 1.54) is 31.4 Å². The fourth-order valence-electron chi connectivity index (χ4n) is 2.63. The van der Waals surface area contributed by atoms with E-state index in [4.69, 9.17) is 4.74 Å². The molecule has 1 fully saturated rings. The van der Waals surface area contributed by atoms with Crippen LogP contribution < -0.4 is 5.32 Å². The molecular formula is C16H24FNO2. The molecule has 3 atom stereocenters. The van der Waals surface area contributed by atoms with Crippen LogP contribution >= 0.6 is 0 Å². The molecular weight excluding hydrogens is 257 g/mol. The topological polar surface area (TPSA) is 41.5 Å². The van der Waals surface area contributed by atoms with Crippen LogP contribution in [0, 0.1) is 11.7 Å². The van der Waals surface area contributed by atoms with E-state index in [0.717, 1.165) is 12.1 Å². The average molecular weight is 281 g/mol. The Labute approximate surface area is 120 Å². The minimum atomic E-state index is -0.547. The number of aliphatic hydroxyl groups is 1. The number of benzene rings is 1. The first-order chi connectivity index (χ1) is 9.65. The second-order valence-corrected chi connectivity index (χ2v) is 5.68. The number of aliphatic hydroxyl groups excluding tert-OH is 1. The fraction of sp³-hybridized carbons (Fsp3) is 0.625. The summed E-state index contributed by atoms with van der Waals surface area (Å²) in [6.45, 7) is 2.98. The second-order valence-electron chi connectivity index (χ2n) is 5.68. The Morgan fingerprint density at radius 3 is 2.70 bits per heavy atom. The lowest BCUT2D eigenvalue weighted by Gasteiger charge is -2.29. The Morgan fingerprint density at radius 1 is 1.30 bits per heavy atom. The maximum absolute atomic E-state index is 12.8. The average Bonchev–Trinajstić information content (AvgIpc) is 2.46. The van der Waals surface area contributed by atoms with Gasteiger partial charge >= 0.3 is 0 Å². The summed E-state index contributed by atoms with van der Waals surface area (Å²) in [5, 5.41) is 13.0. The molecule has 0 aromatic heterocycles. The van der Waals surface area contributed by atoms with Gasteiger partial charge in [-0.2, -0.15) is 0 Å². The summed E-state index contributed by atoms with van der Waals surface area (Å²) in [6, 6.07) is 6.11. The molecule has 0 aliphatic heterocycles. The van der Waals surface area contributed by atoms with Crippen molar-refractivity contribution in [2.45, 2.75) is 44.8 Å². The van der Waals surface area contributed by atoms with Gasteiger partial charge in [0.25, 0.3) is 0 Å². The molecule has 0 heterocycles. The number of hydrogen-bond acceptors (Lipinski definition) is 3. The van der Waals surface area contributed by atoms with E-state index in [1.54, 1.807) is 12.1 Å². The van der Waals surface area contributed by atoms with Gasteiger partial charge in [0.15, 0.2) is 0 Å². The third-order valence-corrected chi connectivity index (χ3v) is 3.92. The first kappa shape index (κ1) is 15.3. The van der Waals surface area contributed by atoms with Crippen LogP contribution in [0.25, 0.3) is 0 Å². The molecule has 0 spiro atoms. The zero-order valence-electron chi connectivity index (χ0n) is 12.0. The van der Waals surface area contributed by atoms with Gasteiger partial charge in [-0.3, -0.25) is 0 Å². The van der Waals surface area contributed by atoms with Gasteiger partial charge in [0.2, 0.25) is 0 Å². The molecule has 0 bridgehead atoms. The lowest BCUT2D eigenvalue weighted by Crippen LogP contribution is -2.32. The lowest BCUT2D eigenvalue weighted by molar-refractivity contribution is -0.0424. The van der Waals surface area contributed by atoms with Gasteiger partial charge in [-0.05, 0) is 43.0 Å². The molecule has 0 amide bonds. The molecule has 1 aromatic rings. The van der Waals surface area contributed by atoms with Crippen molar-refractivity contribution in [1.82, 2.24) is 0 Å². The SMILES string of the molecule is CC1CCCCC1OCC(O)CNc1ccc(F)cc1. The van der Waals surface area contributed by atoms with Gasteiger partial charge in [-0.1, -0.05) is 19.8 Å². The van der Waals surface area contributed by atoms with E-state index in [2.05, 4.69) is 12.2 Å². The largest absolute Gasteiger partial charge is 0.389 e. The molecule has 0 radical (unpaired) electrons. The summed E-state index contributed by atoms with van der Waals surface area (Å²) >= 11 is 0. The molecule has 2 rings (SSSR count). The van der Waals surface area contributed by atoms with E-state index >= 15 is 0 Å². The summed E-state index contributed by atoms with van der Waals surface area (Å²) < 4.78 is 18.6. The van der Waals surface area contributed by atoms with Crippen LogP contribution in [0.2, 0.25) is 0 Å². The predicted octanol–water partition coefficient (Wildman–Crippen LogP) is 3.19. The van der Waals surface area contributed by atoms with Crippen molar-refractivity contribution in [3.05, 3.63) is 30.1 Å². The second kappa shape index (κ2) is 7.60. The highest BCUT2D eigenvalue weighted by molar-refractivity contribution is 5.42. The predicted molar refractivity (Wildman–Crippen MR) is 78.3 cm³/mol. The first-order valence-electron chi connectivity index (χ1n) is 7.44. The molecule has 112 valence electrons. The van der Waals surface area contributed by atoms with E-state index < -0.39 is 6.10 Å². The van der Waals surface area contributed by atoms with E-state index in [-0.39, 0.29) is 11.9 Å². The number of anilines is 1. The molecule has 0 saturated heterocycles. The van der Waals surface area contributed by atoms with Crippen LogP contribution in [0.3, 0.4) is 0 Å². The zero-order valence-corrected chi connectivity index (χ0v) is 12.0. The Hall–Kier alpha value is -1.13. The third-order valence-electron chi connectivity index (χ3n) is 3.92. The van der Waals surface area contributed by atoms with Gasteiger partial charge < -0.3 is 15.2 Å². The third kappa shape index (κ3) is 4.76. The number of nitrogens with one attached hydrogen (secondary N) is 1. The van der Waals surface area contributed by atoms with Crippen molar-refractivity contribution in [3.63, 3.8) is 0 Å². The molecule has 1 aromatic carbocycles. The monoisotopic (exact) mass is 281 g/mol. The van der Waals surface area contributed by atoms with Crippen LogP contribution in [0.4, 0.5) is 10.1 Å². The molecule has 3 unspecified atom stereocenters. The van der Waals surface area contributed by atoms with E-state index in [9.17, 15) is 9.50 Å². The Bertz CT molecular complexity index is 396. The summed E-state index contributed by atoms with van der Waals surface area (Å²) in [5.74, 6) is 0.326. The molecule has 3 nitrogen and oxygen atoms in total. The number of hydrogen-bond donors (Lipinski definition) is 2. The number of rotatable bonds is 6. The molecule has 2 N–H and O–H groups in total. The van der Waals surface area contributed by atoms with Crippen LogP contribution in [0.1, 0.15) is 32.6 Å². The maximum Gasteiger partial charge on any atom is 0.123 e. The van der Waals surface area contributed by atoms with Crippen molar-refractivity contribution in [2.24, 2.45) is 5.92 Å². The zero-order chi connectivity index (χ0) is 14.4. The van der Waals surface area contributed by atoms with E-state index in [1.807, 2.05) is 0 Å². The van der Waals surface area contributed by atoms with Crippen LogP contribution in [0.15, 0.2) is 24.3 Å². The summed E-state index contributed by atoms with van der Waals surface area (Å²) in [6.07, 6.45) is 4.56. The van der Waals surface area contributed by atoms with Crippen LogP contribution in [-0.2, 0) is 4.74 Å². The fourth-order valence-corrected chi connectivity index (χ4v) is 2.63. The van der Waals surface area contributed by atoms with Gasteiger partial charge in [-0.25, -0.2) is 4.39 Å². The number of ether oxygens (including phenoxy) is 1. The van der Waals surface area contributed by atoms with Crippen molar-refractivity contribution in [2.75, 3.05) is 18.5 Å². The molecule has 4 heteroatoms. The van der Waals surface area contributed by atoms with Crippen LogP contribution in [-0.4, -0.2) is 30.5 Å². The highest BCUT2D eigenvalue weighted by atomic mass is 19.1. The summed E-state index contributed by atoms with van der Waals surface area (Å²) in [5.41, 5.74) is 0.802. The highest BCUT2D eigenvalue weighted by Gasteiger charge is 2.22. The van der Waals surface area contributed by atoms with Gasteiger partial charge in [0.05, 0.1) is 18.8 Å². The summed E-state index contributed by atoms with van der Waals surface area (Å²) in [7, 11) is 0. The van der Waals surface area contributed by atoms with Gasteiger partial charge in [0, 0.05) is 12.2 Å². The quantitative estimate of drug-likeness (QED) is 0.841. The normalized spacial score (nSPS) is 24.4. The van der Waals surface area contributed by atoms with Crippen molar-refractivity contribution < 1.29 is 14.2 Å². The Balaban J connectivity index is 1.67. The number of halogens is 1. The molecule has 1 saturated carbocycles. The van der Waals surface area contributed by atoms with Crippen molar-refractivity contribution in [3.8, 4) is 0 Å². The molecule has 1 aliphatic carbocycles. The summed E-state index contributed by atoms with van der Waals surface area (Å²) in [4.78, 5) is 0. The van der Waals surface area contributed by atoms with E-state index in [0.29, 0.717) is 19.1 Å². The Morgan fingerprint density at radius 2 is 2.00 bits per heavy atom. The smallest absolute Gasteiger partial charge is 0.123 e. The van der Waals surface area contributed by atoms with Crippen LogP contribution in [0.5, 0.6) is 0 Å². The van der Waals surface area contributed by atoms with Gasteiger partial charge in [-0.15, -0.1) is 0 Å². The Kier molecular flexibility index (Phi) is 5.80. The standard InChI is InChI=1S/C16H24FNO2/c1-12-4-2-3-5-16(12)20-11-15(19)10-18-14-8-6-13(17)7-9-14/h6-9,12,15-16,18-19H,2-5,10-11H2,1H3. The van der Waals surface area contributed by atoms with Crippen molar-refractivity contribution >= 4 is 5.69 Å². The minimum absolute atomic E-state index is 0.259.